The summed E-state index contributed by atoms with van der Waals surface area (Å²) in [6.45, 7) is 2.83. The van der Waals surface area contributed by atoms with Crippen LogP contribution < -0.4 is 5.73 Å². The molecule has 0 spiro atoms. The van der Waals surface area contributed by atoms with Crippen molar-refractivity contribution in [1.82, 2.24) is 9.55 Å². The Bertz CT molecular complexity index is 491. The highest BCUT2D eigenvalue weighted by atomic mass is 79.9. The summed E-state index contributed by atoms with van der Waals surface area (Å²) in [6, 6.07) is 8.44. The molecule has 90 valence electrons. The molecule has 4 heteroatoms. The molecule has 0 fully saturated rings. The average molecular weight is 294 g/mol. The van der Waals surface area contributed by atoms with Crippen LogP contribution in [0.5, 0.6) is 0 Å². The Balaban J connectivity index is 2.16. The second-order valence-electron chi connectivity index (χ2n) is 4.28. The van der Waals surface area contributed by atoms with E-state index in [1.807, 2.05) is 31.5 Å². The minimum Gasteiger partial charge on any atom is -0.330 e. The number of halogens is 1. The van der Waals surface area contributed by atoms with Crippen molar-refractivity contribution in [3.63, 3.8) is 0 Å². The zero-order valence-corrected chi connectivity index (χ0v) is 11.4. The van der Waals surface area contributed by atoms with Gasteiger partial charge >= 0.3 is 0 Å². The number of rotatable bonds is 4. The predicted octanol–water partition coefficient (Wildman–Crippen LogP) is 2.58. The van der Waals surface area contributed by atoms with E-state index < -0.39 is 0 Å². The number of nitrogens with two attached hydrogens (primary N) is 1. The molecule has 1 aromatic carbocycles. The predicted molar refractivity (Wildman–Crippen MR) is 72.8 cm³/mol. The third kappa shape index (κ3) is 3.41. The van der Waals surface area contributed by atoms with Crippen LogP contribution >= 0.6 is 15.9 Å². The first-order chi connectivity index (χ1) is 8.15. The van der Waals surface area contributed by atoms with Gasteiger partial charge in [-0.25, -0.2) is 4.98 Å². The number of aromatic nitrogens is 2. The minimum absolute atomic E-state index is 0.138. The van der Waals surface area contributed by atoms with E-state index in [-0.39, 0.29) is 6.04 Å². The van der Waals surface area contributed by atoms with E-state index in [1.54, 1.807) is 0 Å². The Morgan fingerprint density at radius 1 is 1.47 bits per heavy atom. The Labute approximate surface area is 110 Å². The van der Waals surface area contributed by atoms with Crippen LogP contribution in [0.15, 0.2) is 41.1 Å². The van der Waals surface area contributed by atoms with Crippen LogP contribution in [0.4, 0.5) is 0 Å². The summed E-state index contributed by atoms with van der Waals surface area (Å²) in [5.41, 5.74) is 7.06. The minimum atomic E-state index is 0.138. The first kappa shape index (κ1) is 12.3. The molecule has 2 aromatic rings. The zero-order chi connectivity index (χ0) is 12.3. The van der Waals surface area contributed by atoms with E-state index in [4.69, 9.17) is 5.73 Å². The van der Waals surface area contributed by atoms with Crippen LogP contribution in [0.25, 0.3) is 0 Å². The van der Waals surface area contributed by atoms with Crippen LogP contribution in [0, 0.1) is 0 Å². The largest absolute Gasteiger partial charge is 0.330 e. The summed E-state index contributed by atoms with van der Waals surface area (Å²) >= 11 is 3.48. The number of nitrogens with zero attached hydrogens (tertiary/aromatic N) is 2. The normalized spacial score (nSPS) is 12.6. The molecular formula is C13H16BrN3. The number of hydrogen-bond acceptors (Lipinski definition) is 2. The number of imidazole rings is 1. The van der Waals surface area contributed by atoms with Crippen LogP contribution in [-0.4, -0.2) is 15.6 Å². The maximum atomic E-state index is 5.81. The van der Waals surface area contributed by atoms with Crippen molar-refractivity contribution in [2.45, 2.75) is 25.9 Å². The van der Waals surface area contributed by atoms with Gasteiger partial charge in [0, 0.05) is 35.9 Å². The van der Waals surface area contributed by atoms with Gasteiger partial charge in [-0.05, 0) is 24.6 Å². The molecule has 1 unspecified atom stereocenters. The monoisotopic (exact) mass is 293 g/mol. The lowest BCUT2D eigenvalue weighted by Gasteiger charge is -2.10. The van der Waals surface area contributed by atoms with Crippen molar-refractivity contribution in [2.75, 3.05) is 0 Å². The highest BCUT2D eigenvalue weighted by molar-refractivity contribution is 9.10. The smallest absolute Gasteiger partial charge is 0.110 e. The summed E-state index contributed by atoms with van der Waals surface area (Å²) in [4.78, 5) is 4.35. The lowest BCUT2D eigenvalue weighted by molar-refractivity contribution is 0.648. The Morgan fingerprint density at radius 3 is 3.00 bits per heavy atom. The third-order valence-corrected chi connectivity index (χ3v) is 3.04. The molecule has 0 aliphatic heterocycles. The number of hydrogen-bond donors (Lipinski definition) is 1. The Kier molecular flexibility index (Phi) is 3.97. The SMILES string of the molecule is CC(N)Cc1nccn1Cc1cccc(Br)c1. The first-order valence-electron chi connectivity index (χ1n) is 5.65. The van der Waals surface area contributed by atoms with Crippen molar-refractivity contribution >= 4 is 15.9 Å². The van der Waals surface area contributed by atoms with Gasteiger partial charge in [-0.3, -0.25) is 0 Å². The van der Waals surface area contributed by atoms with E-state index in [9.17, 15) is 0 Å². The summed E-state index contributed by atoms with van der Waals surface area (Å²) < 4.78 is 3.24. The summed E-state index contributed by atoms with van der Waals surface area (Å²) in [5, 5.41) is 0. The maximum Gasteiger partial charge on any atom is 0.110 e. The standard InChI is InChI=1S/C13H16BrN3/c1-10(15)7-13-16-5-6-17(13)9-11-3-2-4-12(14)8-11/h2-6,8,10H,7,9,15H2,1H3. The van der Waals surface area contributed by atoms with Gasteiger partial charge in [0.2, 0.25) is 0 Å². The lowest BCUT2D eigenvalue weighted by Crippen LogP contribution is -2.20. The fourth-order valence-corrected chi connectivity index (χ4v) is 2.24. The van der Waals surface area contributed by atoms with Crippen LogP contribution in [0.1, 0.15) is 18.3 Å². The first-order valence-corrected chi connectivity index (χ1v) is 6.44. The Hall–Kier alpha value is -1.13. The highest BCUT2D eigenvalue weighted by Crippen LogP contribution is 2.13. The molecule has 0 aliphatic carbocycles. The molecule has 3 nitrogen and oxygen atoms in total. The van der Waals surface area contributed by atoms with Crippen LogP contribution in [0.3, 0.4) is 0 Å². The van der Waals surface area contributed by atoms with Crippen molar-refractivity contribution in [3.05, 3.63) is 52.5 Å². The summed E-state index contributed by atoms with van der Waals surface area (Å²) in [7, 11) is 0. The molecule has 0 radical (unpaired) electrons. The van der Waals surface area contributed by atoms with E-state index in [1.165, 1.54) is 5.56 Å². The Morgan fingerprint density at radius 2 is 2.29 bits per heavy atom. The van der Waals surface area contributed by atoms with Gasteiger partial charge in [-0.2, -0.15) is 0 Å². The van der Waals surface area contributed by atoms with E-state index in [0.29, 0.717) is 0 Å². The summed E-state index contributed by atoms with van der Waals surface area (Å²) in [6.07, 6.45) is 4.63. The van der Waals surface area contributed by atoms with Gasteiger partial charge < -0.3 is 10.3 Å². The van der Waals surface area contributed by atoms with Crippen molar-refractivity contribution in [3.8, 4) is 0 Å². The molecule has 0 saturated carbocycles. The molecule has 17 heavy (non-hydrogen) atoms. The molecule has 0 bridgehead atoms. The zero-order valence-electron chi connectivity index (χ0n) is 9.81. The van der Waals surface area contributed by atoms with E-state index >= 15 is 0 Å². The third-order valence-electron chi connectivity index (χ3n) is 2.55. The van der Waals surface area contributed by atoms with Crippen LogP contribution in [-0.2, 0) is 13.0 Å². The van der Waals surface area contributed by atoms with Gasteiger partial charge in [0.15, 0.2) is 0 Å². The fourth-order valence-electron chi connectivity index (χ4n) is 1.79. The van der Waals surface area contributed by atoms with Crippen molar-refractivity contribution in [2.24, 2.45) is 5.73 Å². The van der Waals surface area contributed by atoms with Gasteiger partial charge in [0.25, 0.3) is 0 Å². The topological polar surface area (TPSA) is 43.8 Å². The average Bonchev–Trinajstić information content (AvgIpc) is 2.65. The highest BCUT2D eigenvalue weighted by Gasteiger charge is 2.06. The van der Waals surface area contributed by atoms with Gasteiger partial charge in [0.1, 0.15) is 5.82 Å². The molecule has 0 aliphatic rings. The molecule has 0 amide bonds. The molecule has 1 heterocycles. The van der Waals surface area contributed by atoms with Gasteiger partial charge in [-0.1, -0.05) is 28.1 Å². The second-order valence-corrected chi connectivity index (χ2v) is 5.20. The molecule has 2 rings (SSSR count). The van der Waals surface area contributed by atoms with Crippen LogP contribution in [0.2, 0.25) is 0 Å². The fraction of sp³-hybridized carbons (Fsp3) is 0.308. The van der Waals surface area contributed by atoms with Gasteiger partial charge in [0.05, 0.1) is 0 Å². The van der Waals surface area contributed by atoms with E-state index in [0.717, 1.165) is 23.3 Å². The molecule has 1 aromatic heterocycles. The summed E-state index contributed by atoms with van der Waals surface area (Å²) in [5.74, 6) is 1.04. The van der Waals surface area contributed by atoms with Crippen molar-refractivity contribution in [1.29, 1.82) is 0 Å². The van der Waals surface area contributed by atoms with E-state index in [2.05, 4.69) is 37.6 Å². The molecule has 0 saturated heterocycles. The quantitative estimate of drug-likeness (QED) is 0.942. The molecular weight excluding hydrogens is 278 g/mol. The maximum absolute atomic E-state index is 5.81. The van der Waals surface area contributed by atoms with Crippen molar-refractivity contribution < 1.29 is 0 Å². The number of benzene rings is 1. The lowest BCUT2D eigenvalue weighted by atomic mass is 10.2. The molecule has 1 atom stereocenters. The second kappa shape index (κ2) is 5.47. The molecule has 2 N–H and O–H groups in total. The van der Waals surface area contributed by atoms with Gasteiger partial charge in [-0.15, -0.1) is 0 Å².